The zero-order chi connectivity index (χ0) is 28.6. The molecule has 0 radical (unpaired) electrons. The molecule has 10 heteroatoms. The molecule has 2 heterocycles. The summed E-state index contributed by atoms with van der Waals surface area (Å²) in [7, 11) is 0. The molecule has 0 saturated carbocycles. The number of carbonyl (C=O) groups is 2. The maximum atomic E-state index is 13.2. The number of ether oxygens (including phenoxy) is 1. The Morgan fingerprint density at radius 1 is 1.00 bits per heavy atom. The van der Waals surface area contributed by atoms with Crippen LogP contribution in [-0.2, 0) is 4.74 Å². The Labute approximate surface area is 245 Å². The quantitative estimate of drug-likeness (QED) is 0.136. The van der Waals surface area contributed by atoms with Gasteiger partial charge in [-0.15, -0.1) is 0 Å². The van der Waals surface area contributed by atoms with Crippen molar-refractivity contribution in [3.05, 3.63) is 40.2 Å². The third-order valence-corrected chi connectivity index (χ3v) is 7.78. The summed E-state index contributed by atoms with van der Waals surface area (Å²) >= 11 is 2.02. The van der Waals surface area contributed by atoms with E-state index in [-0.39, 0.29) is 17.6 Å². The second-order valence-electron chi connectivity index (χ2n) is 11.0. The van der Waals surface area contributed by atoms with Gasteiger partial charge in [-0.25, -0.2) is 12.7 Å². The number of piperazine rings is 1. The molecule has 0 bridgehead atoms. The average molecular weight is 655 g/mol. The first-order valence-electron chi connectivity index (χ1n) is 14.0. The Balaban J connectivity index is 1.42. The van der Waals surface area contributed by atoms with Crippen molar-refractivity contribution in [2.75, 3.05) is 57.3 Å². The molecule has 0 aliphatic carbocycles. The van der Waals surface area contributed by atoms with E-state index in [0.717, 1.165) is 69.5 Å². The van der Waals surface area contributed by atoms with Crippen LogP contribution in [0.25, 0.3) is 11.0 Å². The molecule has 1 aliphatic heterocycles. The Morgan fingerprint density at radius 3 is 2.31 bits per heavy atom. The molecule has 0 unspecified atom stereocenters. The van der Waals surface area contributed by atoms with Gasteiger partial charge in [-0.3, -0.25) is 9.69 Å². The van der Waals surface area contributed by atoms with Crippen molar-refractivity contribution in [3.63, 3.8) is 0 Å². The SMILES string of the molecule is CCN(CC)c1ccc2cc(C(=O)N3CCN(CCCCCCN(I)C(=O)OC(C)(C)C)CC3)c(=O)oc2c1. The van der Waals surface area contributed by atoms with E-state index in [1.807, 2.05) is 61.8 Å². The zero-order valence-corrected chi connectivity index (χ0v) is 26.2. The van der Waals surface area contributed by atoms with E-state index in [0.29, 0.717) is 25.2 Å². The van der Waals surface area contributed by atoms with Gasteiger partial charge in [-0.05, 0) is 72.2 Å². The standard InChI is InChI=1S/C29H43IN4O5/c1-6-32(7-2)23-13-12-22-20-24(27(36)38-25(22)21-23)26(35)33-18-16-31(17-19-33)14-10-8-9-11-15-34(30)28(37)39-29(3,4)5/h12-13,20-21H,6-11,14-19H2,1-5H3. The third kappa shape index (κ3) is 9.09. The van der Waals surface area contributed by atoms with Crippen molar-refractivity contribution in [2.45, 2.75) is 65.9 Å². The lowest BCUT2D eigenvalue weighted by molar-refractivity contribution is 0.0427. The van der Waals surface area contributed by atoms with E-state index in [9.17, 15) is 14.4 Å². The largest absolute Gasteiger partial charge is 0.443 e. The molecule has 216 valence electrons. The molecule has 1 fully saturated rings. The molecular weight excluding hydrogens is 611 g/mol. The van der Waals surface area contributed by atoms with Crippen LogP contribution >= 0.6 is 22.9 Å². The molecule has 2 aromatic rings. The van der Waals surface area contributed by atoms with Gasteiger partial charge in [0.2, 0.25) is 0 Å². The lowest BCUT2D eigenvalue weighted by Gasteiger charge is -2.34. The number of halogens is 1. The molecule has 1 aromatic heterocycles. The van der Waals surface area contributed by atoms with Gasteiger partial charge in [0.25, 0.3) is 5.91 Å². The Bertz CT molecular complexity index is 1170. The fourth-order valence-electron chi connectivity index (χ4n) is 4.72. The summed E-state index contributed by atoms with van der Waals surface area (Å²) in [5.41, 5.74) is 0.540. The molecule has 1 saturated heterocycles. The Hall–Kier alpha value is -2.34. The van der Waals surface area contributed by atoms with Crippen molar-refractivity contribution in [2.24, 2.45) is 0 Å². The van der Waals surface area contributed by atoms with Crippen molar-refractivity contribution in [1.82, 2.24) is 12.9 Å². The molecule has 3 rings (SSSR count). The van der Waals surface area contributed by atoms with Crippen LogP contribution in [0.4, 0.5) is 10.5 Å². The highest BCUT2D eigenvalue weighted by Gasteiger charge is 2.25. The molecule has 0 spiro atoms. The highest BCUT2D eigenvalue weighted by molar-refractivity contribution is 14.1. The number of hydrogen-bond acceptors (Lipinski definition) is 7. The van der Waals surface area contributed by atoms with Crippen LogP contribution in [0.1, 0.15) is 70.7 Å². The molecule has 9 nitrogen and oxygen atoms in total. The maximum absolute atomic E-state index is 13.2. The topological polar surface area (TPSA) is 86.5 Å². The first-order valence-corrected chi connectivity index (χ1v) is 15.0. The minimum Gasteiger partial charge on any atom is -0.443 e. The summed E-state index contributed by atoms with van der Waals surface area (Å²) < 4.78 is 12.6. The van der Waals surface area contributed by atoms with Crippen LogP contribution in [-0.4, -0.2) is 82.9 Å². The second-order valence-corrected chi connectivity index (χ2v) is 12.1. The Kier molecular flexibility index (Phi) is 11.5. The van der Waals surface area contributed by atoms with Crippen molar-refractivity contribution < 1.29 is 18.7 Å². The first-order chi connectivity index (χ1) is 18.5. The van der Waals surface area contributed by atoms with Crippen molar-refractivity contribution in [1.29, 1.82) is 0 Å². The van der Waals surface area contributed by atoms with Crippen LogP contribution < -0.4 is 10.5 Å². The highest BCUT2D eigenvalue weighted by Crippen LogP contribution is 2.22. The van der Waals surface area contributed by atoms with Gasteiger partial charge in [0.05, 0.1) is 22.9 Å². The monoisotopic (exact) mass is 654 g/mol. The molecular formula is C29H43IN4O5. The number of carbonyl (C=O) groups excluding carboxylic acids is 2. The minimum atomic E-state index is -0.580. The van der Waals surface area contributed by atoms with E-state index in [1.165, 1.54) is 0 Å². The third-order valence-electron chi connectivity index (χ3n) is 6.91. The van der Waals surface area contributed by atoms with Gasteiger partial charge in [-0.1, -0.05) is 12.8 Å². The Morgan fingerprint density at radius 2 is 1.67 bits per heavy atom. The van der Waals surface area contributed by atoms with Gasteiger partial charge >= 0.3 is 11.7 Å². The fraction of sp³-hybridized carbons (Fsp3) is 0.621. The summed E-state index contributed by atoms with van der Waals surface area (Å²) in [5, 5.41) is 0.754. The van der Waals surface area contributed by atoms with Crippen molar-refractivity contribution in [3.8, 4) is 0 Å². The van der Waals surface area contributed by atoms with Crippen LogP contribution in [0.2, 0.25) is 0 Å². The molecule has 0 atom stereocenters. The number of rotatable bonds is 11. The first kappa shape index (κ1) is 31.2. The summed E-state index contributed by atoms with van der Waals surface area (Å²) in [6.07, 6.45) is 3.86. The van der Waals surface area contributed by atoms with E-state index >= 15 is 0 Å². The van der Waals surface area contributed by atoms with Crippen LogP contribution in [0, 0.1) is 0 Å². The summed E-state index contributed by atoms with van der Waals surface area (Å²) in [5.74, 6) is -0.258. The summed E-state index contributed by atoms with van der Waals surface area (Å²) in [4.78, 5) is 44.2. The van der Waals surface area contributed by atoms with E-state index in [2.05, 4.69) is 23.6 Å². The number of unbranched alkanes of at least 4 members (excludes halogenated alkanes) is 3. The number of nitrogens with zero attached hydrogens (tertiary/aromatic N) is 4. The predicted molar refractivity (Wildman–Crippen MR) is 164 cm³/mol. The number of anilines is 1. The predicted octanol–water partition coefficient (Wildman–Crippen LogP) is 5.54. The van der Waals surface area contributed by atoms with Crippen LogP contribution in [0.15, 0.2) is 33.5 Å². The van der Waals surface area contributed by atoms with E-state index in [4.69, 9.17) is 9.15 Å². The highest BCUT2D eigenvalue weighted by atomic mass is 127. The van der Waals surface area contributed by atoms with Crippen molar-refractivity contribution >= 4 is 51.5 Å². The number of benzene rings is 1. The molecule has 0 N–H and O–H groups in total. The lowest BCUT2D eigenvalue weighted by Crippen LogP contribution is -2.49. The lowest BCUT2D eigenvalue weighted by atomic mass is 10.1. The number of amides is 2. The number of hydrogen-bond donors (Lipinski definition) is 0. The molecule has 1 aromatic carbocycles. The van der Waals surface area contributed by atoms with Crippen LogP contribution in [0.3, 0.4) is 0 Å². The molecule has 2 amide bonds. The van der Waals surface area contributed by atoms with Gasteiger partial charge in [-0.2, -0.15) is 0 Å². The maximum Gasteiger partial charge on any atom is 0.419 e. The van der Waals surface area contributed by atoms with Crippen LogP contribution in [0.5, 0.6) is 0 Å². The minimum absolute atomic E-state index is 0.0993. The number of fused-ring (bicyclic) bond motifs is 1. The smallest absolute Gasteiger partial charge is 0.419 e. The van der Waals surface area contributed by atoms with Gasteiger partial charge in [0.1, 0.15) is 16.7 Å². The van der Waals surface area contributed by atoms with Gasteiger partial charge < -0.3 is 19.0 Å². The average Bonchev–Trinajstić information content (AvgIpc) is 2.89. The van der Waals surface area contributed by atoms with Gasteiger partial charge in [0.15, 0.2) is 0 Å². The van der Waals surface area contributed by atoms with E-state index < -0.39 is 11.2 Å². The molecule has 39 heavy (non-hydrogen) atoms. The summed E-state index contributed by atoms with van der Waals surface area (Å²) in [6, 6.07) is 7.45. The van der Waals surface area contributed by atoms with E-state index in [1.54, 1.807) is 14.1 Å². The van der Waals surface area contributed by atoms with Gasteiger partial charge in [0, 0.05) is 63.0 Å². The molecule has 1 aliphatic rings. The summed E-state index contributed by atoms with van der Waals surface area (Å²) in [6.45, 7) is 15.9. The normalized spacial score (nSPS) is 14.5. The zero-order valence-electron chi connectivity index (χ0n) is 24.0. The fourth-order valence-corrected chi connectivity index (χ4v) is 5.16. The second kappa shape index (κ2) is 14.3.